The molecule has 0 atom stereocenters. The summed E-state index contributed by atoms with van der Waals surface area (Å²) in [5.41, 5.74) is 2.53. The molecule has 0 aliphatic heterocycles. The molecule has 3 heteroatoms. The smallest absolute Gasteiger partial charge is 0.129 e. The van der Waals surface area contributed by atoms with Gasteiger partial charge in [0.2, 0.25) is 0 Å². The van der Waals surface area contributed by atoms with Crippen molar-refractivity contribution in [3.63, 3.8) is 0 Å². The highest BCUT2D eigenvalue weighted by atomic mass is 15.2. The lowest BCUT2D eigenvalue weighted by atomic mass is 10.2. The van der Waals surface area contributed by atoms with Gasteiger partial charge in [-0.3, -0.25) is 0 Å². The van der Waals surface area contributed by atoms with Gasteiger partial charge in [0.05, 0.1) is 0 Å². The van der Waals surface area contributed by atoms with E-state index in [1.165, 1.54) is 24.1 Å². The van der Waals surface area contributed by atoms with Crippen LogP contribution in [0.1, 0.15) is 44.4 Å². The van der Waals surface area contributed by atoms with Crippen LogP contribution >= 0.6 is 0 Å². The monoisotopic (exact) mass is 273 g/mol. The molecule has 0 spiro atoms. The fourth-order valence-electron chi connectivity index (χ4n) is 2.35. The first-order valence-corrected chi connectivity index (χ1v) is 7.85. The summed E-state index contributed by atoms with van der Waals surface area (Å²) in [6.07, 6.45) is 6.73. The van der Waals surface area contributed by atoms with Crippen LogP contribution in [-0.4, -0.2) is 24.1 Å². The van der Waals surface area contributed by atoms with E-state index < -0.39 is 0 Å². The summed E-state index contributed by atoms with van der Waals surface area (Å²) < 4.78 is 0. The summed E-state index contributed by atoms with van der Waals surface area (Å²) in [5.74, 6) is 1.10. The van der Waals surface area contributed by atoms with Crippen molar-refractivity contribution in [3.05, 3.63) is 36.0 Å². The van der Waals surface area contributed by atoms with Crippen molar-refractivity contribution in [2.75, 3.05) is 18.0 Å². The van der Waals surface area contributed by atoms with Crippen molar-refractivity contribution >= 4 is 5.82 Å². The largest absolute Gasteiger partial charge is 0.353 e. The van der Waals surface area contributed by atoms with Crippen LogP contribution in [0.2, 0.25) is 0 Å². The lowest BCUT2D eigenvalue weighted by Crippen LogP contribution is -2.26. The summed E-state index contributed by atoms with van der Waals surface area (Å²) in [6, 6.07) is 5.21. The molecule has 1 aliphatic rings. The second-order valence-corrected chi connectivity index (χ2v) is 5.57. The third-order valence-corrected chi connectivity index (χ3v) is 3.63. The van der Waals surface area contributed by atoms with Gasteiger partial charge in [0.25, 0.3) is 0 Å². The van der Waals surface area contributed by atoms with E-state index in [9.17, 15) is 0 Å². The number of nitrogens with one attached hydrogen (secondary N) is 1. The molecule has 0 radical (unpaired) electrons. The van der Waals surface area contributed by atoms with Crippen LogP contribution < -0.4 is 10.2 Å². The minimum Gasteiger partial charge on any atom is -0.353 e. The number of nitrogens with zero attached hydrogens (tertiary/aromatic N) is 2. The quantitative estimate of drug-likeness (QED) is 0.700. The van der Waals surface area contributed by atoms with E-state index in [-0.39, 0.29) is 0 Å². The van der Waals surface area contributed by atoms with E-state index in [0.717, 1.165) is 44.3 Å². The maximum Gasteiger partial charge on any atom is 0.129 e. The molecule has 3 nitrogen and oxygen atoms in total. The zero-order valence-corrected chi connectivity index (χ0v) is 12.9. The first-order chi connectivity index (χ1) is 9.76. The molecule has 1 saturated carbocycles. The first-order valence-electron chi connectivity index (χ1n) is 7.85. The van der Waals surface area contributed by atoms with Gasteiger partial charge in [-0.15, -0.1) is 6.58 Å². The molecule has 1 N–H and O–H groups in total. The van der Waals surface area contributed by atoms with E-state index >= 15 is 0 Å². The Kier molecular flexibility index (Phi) is 5.60. The highest BCUT2D eigenvalue weighted by Crippen LogP contribution is 2.21. The SMILES string of the molecule is C=CCN(CCC)c1cc(CNC2CC2)cc(CC)n1. The molecule has 1 aliphatic carbocycles. The van der Waals surface area contributed by atoms with E-state index in [2.05, 4.69) is 42.8 Å². The van der Waals surface area contributed by atoms with Crippen molar-refractivity contribution in [2.24, 2.45) is 0 Å². The predicted octanol–water partition coefficient (Wildman–Crippen LogP) is 3.30. The van der Waals surface area contributed by atoms with E-state index in [1.807, 2.05) is 6.08 Å². The fraction of sp³-hybridized carbons (Fsp3) is 0.588. The number of aryl methyl sites for hydroxylation is 1. The molecule has 0 aromatic carbocycles. The Bertz CT molecular complexity index is 438. The van der Waals surface area contributed by atoms with Crippen molar-refractivity contribution < 1.29 is 0 Å². The van der Waals surface area contributed by atoms with Gasteiger partial charge in [-0.25, -0.2) is 4.98 Å². The van der Waals surface area contributed by atoms with Gasteiger partial charge < -0.3 is 10.2 Å². The second-order valence-electron chi connectivity index (χ2n) is 5.57. The van der Waals surface area contributed by atoms with E-state index in [4.69, 9.17) is 4.98 Å². The van der Waals surface area contributed by atoms with Crippen LogP contribution in [0.4, 0.5) is 5.82 Å². The molecule has 110 valence electrons. The van der Waals surface area contributed by atoms with E-state index in [0.29, 0.717) is 0 Å². The lowest BCUT2D eigenvalue weighted by molar-refractivity contribution is 0.684. The van der Waals surface area contributed by atoms with Gasteiger partial charge in [0.1, 0.15) is 5.82 Å². The molecular formula is C17H27N3. The average molecular weight is 273 g/mol. The molecule has 0 bridgehead atoms. The molecule has 0 unspecified atom stereocenters. The number of pyridine rings is 1. The first kappa shape index (κ1) is 15.0. The Morgan fingerprint density at radius 2 is 2.20 bits per heavy atom. The van der Waals surface area contributed by atoms with Gasteiger partial charge >= 0.3 is 0 Å². The fourth-order valence-corrected chi connectivity index (χ4v) is 2.35. The lowest BCUT2D eigenvalue weighted by Gasteiger charge is -2.23. The Labute approximate surface area is 123 Å². The van der Waals surface area contributed by atoms with Gasteiger partial charge in [0, 0.05) is 31.4 Å². The Hall–Kier alpha value is -1.35. The van der Waals surface area contributed by atoms with Gasteiger partial charge in [-0.05, 0) is 43.4 Å². The third kappa shape index (κ3) is 4.34. The van der Waals surface area contributed by atoms with Gasteiger partial charge in [0.15, 0.2) is 0 Å². The average Bonchev–Trinajstić information content (AvgIpc) is 3.29. The summed E-state index contributed by atoms with van der Waals surface area (Å²) in [6.45, 7) is 11.1. The zero-order chi connectivity index (χ0) is 14.4. The van der Waals surface area contributed by atoms with Crippen LogP contribution in [0.25, 0.3) is 0 Å². The van der Waals surface area contributed by atoms with Crippen molar-refractivity contribution in [3.8, 4) is 0 Å². The number of rotatable bonds is 9. The van der Waals surface area contributed by atoms with Crippen LogP contribution in [0.5, 0.6) is 0 Å². The molecule has 0 amide bonds. The summed E-state index contributed by atoms with van der Waals surface area (Å²) in [5, 5.41) is 3.59. The van der Waals surface area contributed by atoms with Crippen molar-refractivity contribution in [2.45, 2.75) is 52.1 Å². The number of anilines is 1. The highest BCUT2D eigenvalue weighted by molar-refractivity contribution is 5.43. The topological polar surface area (TPSA) is 28.2 Å². The van der Waals surface area contributed by atoms with Crippen LogP contribution in [0.3, 0.4) is 0 Å². The van der Waals surface area contributed by atoms with Crippen LogP contribution in [-0.2, 0) is 13.0 Å². The molecule has 1 fully saturated rings. The highest BCUT2D eigenvalue weighted by Gasteiger charge is 2.20. The summed E-state index contributed by atoms with van der Waals surface area (Å²) in [4.78, 5) is 7.09. The second kappa shape index (κ2) is 7.44. The Morgan fingerprint density at radius 1 is 1.40 bits per heavy atom. The summed E-state index contributed by atoms with van der Waals surface area (Å²) >= 11 is 0. The summed E-state index contributed by atoms with van der Waals surface area (Å²) in [7, 11) is 0. The predicted molar refractivity (Wildman–Crippen MR) is 86.2 cm³/mol. The van der Waals surface area contributed by atoms with E-state index in [1.54, 1.807) is 0 Å². The minimum atomic E-state index is 0.747. The van der Waals surface area contributed by atoms with Gasteiger partial charge in [-0.2, -0.15) is 0 Å². The third-order valence-electron chi connectivity index (χ3n) is 3.63. The van der Waals surface area contributed by atoms with Gasteiger partial charge in [-0.1, -0.05) is 19.9 Å². The molecule has 1 aromatic rings. The molecular weight excluding hydrogens is 246 g/mol. The molecule has 1 heterocycles. The molecule has 2 rings (SSSR count). The Morgan fingerprint density at radius 3 is 2.80 bits per heavy atom. The number of hydrogen-bond acceptors (Lipinski definition) is 3. The molecule has 1 aromatic heterocycles. The van der Waals surface area contributed by atoms with Crippen molar-refractivity contribution in [1.82, 2.24) is 10.3 Å². The molecule has 20 heavy (non-hydrogen) atoms. The zero-order valence-electron chi connectivity index (χ0n) is 12.9. The molecule has 0 saturated heterocycles. The normalized spacial score (nSPS) is 14.3. The van der Waals surface area contributed by atoms with Crippen LogP contribution in [0.15, 0.2) is 24.8 Å². The number of hydrogen-bond donors (Lipinski definition) is 1. The van der Waals surface area contributed by atoms with Crippen LogP contribution in [0, 0.1) is 0 Å². The Balaban J connectivity index is 2.15. The van der Waals surface area contributed by atoms with Crippen molar-refractivity contribution in [1.29, 1.82) is 0 Å². The minimum absolute atomic E-state index is 0.747. The maximum atomic E-state index is 4.78. The standard InChI is InChI=1S/C17H27N3/c1-4-9-20(10-5-2)17-12-14(11-15(6-3)19-17)13-18-16-7-8-16/h4,11-12,16,18H,1,5-10,13H2,2-3H3. The number of aromatic nitrogens is 1. The maximum absolute atomic E-state index is 4.78.